The number of carbonyl (C=O) groups excluding carboxylic acids is 2. The number of hydrogen-bond acceptors (Lipinski definition) is 4. The van der Waals surface area contributed by atoms with Gasteiger partial charge in [0, 0.05) is 10.7 Å². The van der Waals surface area contributed by atoms with Crippen LogP contribution >= 0.6 is 23.4 Å². The molecule has 112 valence electrons. The van der Waals surface area contributed by atoms with Gasteiger partial charge in [-0.2, -0.15) is 0 Å². The molecule has 2 aromatic rings. The lowest BCUT2D eigenvalue weighted by atomic mass is 10.2. The number of carbonyl (C=O) groups is 2. The zero-order chi connectivity index (χ0) is 15.7. The summed E-state index contributed by atoms with van der Waals surface area (Å²) >= 11 is 6.81. The lowest BCUT2D eigenvalue weighted by molar-refractivity contribution is -0.116. The second-order valence-electron chi connectivity index (χ2n) is 4.93. The van der Waals surface area contributed by atoms with Crippen molar-refractivity contribution < 1.29 is 9.59 Å². The van der Waals surface area contributed by atoms with E-state index in [2.05, 4.69) is 5.32 Å². The van der Waals surface area contributed by atoms with E-state index >= 15 is 0 Å². The Morgan fingerprint density at radius 2 is 1.86 bits per heavy atom. The summed E-state index contributed by atoms with van der Waals surface area (Å²) in [4.78, 5) is 25.9. The molecular formula is C16H13ClN2O2S. The van der Waals surface area contributed by atoms with Crippen molar-refractivity contribution in [3.63, 3.8) is 0 Å². The minimum atomic E-state index is -0.630. The van der Waals surface area contributed by atoms with Gasteiger partial charge < -0.3 is 5.32 Å². The highest BCUT2D eigenvalue weighted by molar-refractivity contribution is 8.16. The van der Waals surface area contributed by atoms with E-state index in [1.165, 1.54) is 4.90 Å². The molecule has 0 spiro atoms. The Hall–Kier alpha value is -1.98. The first-order valence-electron chi connectivity index (χ1n) is 6.68. The van der Waals surface area contributed by atoms with Gasteiger partial charge in [-0.05, 0) is 60.6 Å². The maximum atomic E-state index is 12.5. The molecule has 1 unspecified atom stereocenters. The molecule has 0 bridgehead atoms. The molecule has 0 aromatic heterocycles. The zero-order valence-corrected chi connectivity index (χ0v) is 13.3. The van der Waals surface area contributed by atoms with E-state index < -0.39 is 5.37 Å². The Bertz CT molecular complexity index is 733. The first-order valence-corrected chi connectivity index (χ1v) is 7.94. The Morgan fingerprint density at radius 1 is 1.14 bits per heavy atom. The summed E-state index contributed by atoms with van der Waals surface area (Å²) in [7, 11) is 0. The highest BCUT2D eigenvalue weighted by Crippen LogP contribution is 2.32. The lowest BCUT2D eigenvalue weighted by Gasteiger charge is -2.15. The number of imide groups is 1. The summed E-state index contributed by atoms with van der Waals surface area (Å²) in [6.07, 6.45) is 0. The van der Waals surface area contributed by atoms with Crippen LogP contribution in [0.1, 0.15) is 5.56 Å². The quantitative estimate of drug-likeness (QED) is 0.911. The summed E-state index contributed by atoms with van der Waals surface area (Å²) < 4.78 is 0. The zero-order valence-electron chi connectivity index (χ0n) is 11.7. The molecule has 1 aliphatic heterocycles. The van der Waals surface area contributed by atoms with Gasteiger partial charge in [-0.15, -0.1) is 0 Å². The van der Waals surface area contributed by atoms with Gasteiger partial charge in [0.05, 0.1) is 5.69 Å². The molecule has 1 aliphatic rings. The van der Waals surface area contributed by atoms with Gasteiger partial charge in [0.15, 0.2) is 5.37 Å². The average molecular weight is 333 g/mol. The predicted octanol–water partition coefficient (Wildman–Crippen LogP) is 4.29. The molecule has 1 saturated heterocycles. The van der Waals surface area contributed by atoms with Crippen molar-refractivity contribution in [2.75, 3.05) is 10.2 Å². The molecule has 22 heavy (non-hydrogen) atoms. The van der Waals surface area contributed by atoms with Crippen LogP contribution < -0.4 is 10.2 Å². The largest absolute Gasteiger partial charge is 0.365 e. The van der Waals surface area contributed by atoms with Crippen molar-refractivity contribution >= 4 is 45.9 Å². The summed E-state index contributed by atoms with van der Waals surface area (Å²) in [6, 6.07) is 14.3. The van der Waals surface area contributed by atoms with Gasteiger partial charge in [-0.1, -0.05) is 23.7 Å². The van der Waals surface area contributed by atoms with E-state index in [1.54, 1.807) is 30.3 Å². The van der Waals surface area contributed by atoms with E-state index in [-0.39, 0.29) is 11.1 Å². The van der Waals surface area contributed by atoms with Crippen LogP contribution in [-0.4, -0.2) is 16.5 Å². The molecule has 4 nitrogen and oxygen atoms in total. The molecule has 0 saturated carbocycles. The standard InChI is InChI=1S/C16H13ClN2O2S/c1-10-3-2-4-13(9-10)19-15(20)14(22-16(19)21)18-12-7-5-11(17)6-8-12/h2-9,14,18H,1H3. The van der Waals surface area contributed by atoms with Crippen molar-refractivity contribution in [2.45, 2.75) is 12.3 Å². The van der Waals surface area contributed by atoms with Crippen LogP contribution in [-0.2, 0) is 4.79 Å². The monoisotopic (exact) mass is 332 g/mol. The minimum Gasteiger partial charge on any atom is -0.365 e. The number of thioether (sulfide) groups is 1. The van der Waals surface area contributed by atoms with Crippen LogP contribution in [0.15, 0.2) is 48.5 Å². The Labute approximate surface area is 137 Å². The highest BCUT2D eigenvalue weighted by Gasteiger charge is 2.40. The number of halogens is 1. The van der Waals surface area contributed by atoms with Crippen LogP contribution in [0.4, 0.5) is 16.2 Å². The van der Waals surface area contributed by atoms with E-state index in [0.717, 1.165) is 23.0 Å². The van der Waals surface area contributed by atoms with E-state index in [0.29, 0.717) is 10.7 Å². The van der Waals surface area contributed by atoms with Gasteiger partial charge in [0.2, 0.25) is 0 Å². The molecule has 1 heterocycles. The molecule has 6 heteroatoms. The number of nitrogens with zero attached hydrogens (tertiary/aromatic N) is 1. The first-order chi connectivity index (χ1) is 10.5. The van der Waals surface area contributed by atoms with Crippen LogP contribution in [0.2, 0.25) is 5.02 Å². The molecule has 2 aromatic carbocycles. The van der Waals surface area contributed by atoms with Gasteiger partial charge in [0.25, 0.3) is 11.1 Å². The normalized spacial score (nSPS) is 17.9. The average Bonchev–Trinajstić information content (AvgIpc) is 2.76. The number of anilines is 2. The Morgan fingerprint density at radius 3 is 2.55 bits per heavy atom. The Kier molecular flexibility index (Phi) is 4.09. The third-order valence-electron chi connectivity index (χ3n) is 3.25. The number of aryl methyl sites for hydroxylation is 1. The highest BCUT2D eigenvalue weighted by atomic mass is 35.5. The molecule has 2 amide bonds. The van der Waals surface area contributed by atoms with E-state index in [9.17, 15) is 9.59 Å². The van der Waals surface area contributed by atoms with Crippen molar-refractivity contribution in [3.8, 4) is 0 Å². The molecule has 0 radical (unpaired) electrons. The fourth-order valence-electron chi connectivity index (χ4n) is 2.20. The first kappa shape index (κ1) is 14.9. The maximum Gasteiger partial charge on any atom is 0.295 e. The van der Waals surface area contributed by atoms with Gasteiger partial charge in [-0.25, -0.2) is 4.90 Å². The summed E-state index contributed by atoms with van der Waals surface area (Å²) in [5.74, 6) is -0.268. The fourth-order valence-corrected chi connectivity index (χ4v) is 3.23. The second-order valence-corrected chi connectivity index (χ2v) is 6.42. The molecule has 1 atom stereocenters. The van der Waals surface area contributed by atoms with Crippen LogP contribution in [0, 0.1) is 6.92 Å². The van der Waals surface area contributed by atoms with Gasteiger partial charge in [-0.3, -0.25) is 9.59 Å². The second kappa shape index (κ2) is 6.02. The van der Waals surface area contributed by atoms with E-state index in [1.807, 2.05) is 25.1 Å². The molecule has 1 fully saturated rings. The topological polar surface area (TPSA) is 49.4 Å². The third kappa shape index (κ3) is 2.96. The number of hydrogen-bond donors (Lipinski definition) is 1. The minimum absolute atomic E-state index is 0.268. The fraction of sp³-hybridized carbons (Fsp3) is 0.125. The lowest BCUT2D eigenvalue weighted by Crippen LogP contribution is -2.34. The predicted molar refractivity (Wildman–Crippen MR) is 90.5 cm³/mol. The van der Waals surface area contributed by atoms with Crippen LogP contribution in [0.25, 0.3) is 0 Å². The molecule has 1 N–H and O–H groups in total. The number of amides is 2. The van der Waals surface area contributed by atoms with Crippen LogP contribution in [0.3, 0.4) is 0 Å². The van der Waals surface area contributed by atoms with Gasteiger partial charge in [0.1, 0.15) is 0 Å². The van der Waals surface area contributed by atoms with Crippen LogP contribution in [0.5, 0.6) is 0 Å². The molecule has 0 aliphatic carbocycles. The van der Waals surface area contributed by atoms with Crippen molar-refractivity contribution in [1.82, 2.24) is 0 Å². The number of rotatable bonds is 3. The van der Waals surface area contributed by atoms with E-state index in [4.69, 9.17) is 11.6 Å². The summed E-state index contributed by atoms with van der Waals surface area (Å²) in [6.45, 7) is 1.92. The molecule has 3 rings (SSSR count). The summed E-state index contributed by atoms with van der Waals surface area (Å²) in [5, 5.41) is 2.77. The smallest absolute Gasteiger partial charge is 0.295 e. The number of benzene rings is 2. The van der Waals surface area contributed by atoms with Gasteiger partial charge >= 0.3 is 0 Å². The Balaban J connectivity index is 1.81. The molecular weight excluding hydrogens is 320 g/mol. The third-order valence-corrected chi connectivity index (χ3v) is 4.44. The van der Waals surface area contributed by atoms with Crippen molar-refractivity contribution in [3.05, 3.63) is 59.1 Å². The number of nitrogens with one attached hydrogen (secondary N) is 1. The van der Waals surface area contributed by atoms with Crippen molar-refractivity contribution in [2.24, 2.45) is 0 Å². The SMILES string of the molecule is Cc1cccc(N2C(=O)SC(Nc3ccc(Cl)cc3)C2=O)c1. The maximum absolute atomic E-state index is 12.5. The summed E-state index contributed by atoms with van der Waals surface area (Å²) in [5.41, 5.74) is 2.34. The van der Waals surface area contributed by atoms with Crippen molar-refractivity contribution in [1.29, 1.82) is 0 Å².